The zero-order chi connectivity index (χ0) is 18.4. The average Bonchev–Trinajstić information content (AvgIpc) is 2.72. The minimum Gasteiger partial charge on any atom is -0.294 e. The number of hydrogen-bond donors (Lipinski definition) is 0. The first-order valence-corrected chi connectivity index (χ1v) is 12.8. The Morgan fingerprint density at radius 3 is 1.88 bits per heavy atom. The van der Waals surface area contributed by atoms with Crippen molar-refractivity contribution in [1.29, 1.82) is 0 Å². The summed E-state index contributed by atoms with van der Waals surface area (Å²) in [7, 11) is 0. The summed E-state index contributed by atoms with van der Waals surface area (Å²) in [5.41, 5.74) is 0.812. The van der Waals surface area contributed by atoms with Crippen LogP contribution in [-0.4, -0.2) is 5.78 Å². The van der Waals surface area contributed by atoms with Gasteiger partial charge in [0.2, 0.25) is 0 Å². The highest BCUT2D eigenvalue weighted by atomic mass is 79.9. The molecular formula is C23H23BrOP+. The Bertz CT molecular complexity index is 822. The van der Waals surface area contributed by atoms with Gasteiger partial charge in [0, 0.05) is 12.0 Å². The van der Waals surface area contributed by atoms with Crippen LogP contribution in [0, 0.1) is 0 Å². The molecule has 0 fully saturated rings. The van der Waals surface area contributed by atoms with E-state index in [1.807, 2.05) is 24.3 Å². The quantitative estimate of drug-likeness (QED) is 0.352. The van der Waals surface area contributed by atoms with Crippen molar-refractivity contribution in [3.8, 4) is 0 Å². The fraction of sp³-hybridized carbons (Fsp3) is 0.174. The summed E-state index contributed by atoms with van der Waals surface area (Å²) in [6.45, 7) is 2.11. The van der Waals surface area contributed by atoms with Crippen LogP contribution in [0.2, 0.25) is 0 Å². The molecular weight excluding hydrogens is 403 g/mol. The largest absolute Gasteiger partial charge is 0.294 e. The fourth-order valence-corrected chi connectivity index (χ4v) is 7.82. The van der Waals surface area contributed by atoms with Crippen molar-refractivity contribution in [1.82, 2.24) is 0 Å². The lowest BCUT2D eigenvalue weighted by atomic mass is 10.1. The maximum Gasteiger partial charge on any atom is 0.181 e. The summed E-state index contributed by atoms with van der Waals surface area (Å²) in [5, 5.41) is 3.69. The van der Waals surface area contributed by atoms with Crippen LogP contribution >= 0.6 is 21.5 Å². The van der Waals surface area contributed by atoms with E-state index in [0.717, 1.165) is 18.4 Å². The first-order valence-electron chi connectivity index (χ1n) is 9.00. The van der Waals surface area contributed by atoms with Crippen LogP contribution in [0.4, 0.5) is 0 Å². The van der Waals surface area contributed by atoms with E-state index in [-0.39, 0.29) is 5.78 Å². The van der Waals surface area contributed by atoms with Gasteiger partial charge in [0.1, 0.15) is 15.9 Å². The molecule has 3 heteroatoms. The van der Waals surface area contributed by atoms with Crippen LogP contribution in [-0.2, 0) is 0 Å². The van der Waals surface area contributed by atoms with Crippen molar-refractivity contribution >= 4 is 43.2 Å². The van der Waals surface area contributed by atoms with Gasteiger partial charge in [-0.25, -0.2) is 0 Å². The first kappa shape index (κ1) is 19.0. The average molecular weight is 426 g/mol. The molecule has 0 N–H and O–H groups in total. The summed E-state index contributed by atoms with van der Waals surface area (Å²) in [6.07, 6.45) is 2.59. The molecule has 0 spiro atoms. The van der Waals surface area contributed by atoms with Gasteiger partial charge in [-0.3, -0.25) is 4.79 Å². The van der Waals surface area contributed by atoms with E-state index in [4.69, 9.17) is 0 Å². The highest BCUT2D eigenvalue weighted by Gasteiger charge is 2.43. The lowest BCUT2D eigenvalue weighted by Gasteiger charge is -2.20. The standard InChI is InChI=1S/C23H23BrOP/c1-2-3-17-23(25)19-11-10-16-22(18-19)26(24,20-12-6-4-7-13-20)21-14-8-5-9-15-21/h4-16,18H,2-3,17H2,1H3/q+1. The predicted octanol–water partition coefficient (Wildman–Crippen LogP) is 5.66. The normalized spacial score (nSPS) is 11.3. The third-order valence-electron chi connectivity index (χ3n) is 4.51. The molecule has 3 aromatic carbocycles. The Balaban J connectivity index is 2.11. The third kappa shape index (κ3) is 3.98. The first-order chi connectivity index (χ1) is 12.7. The summed E-state index contributed by atoms with van der Waals surface area (Å²) < 4.78 is 0. The van der Waals surface area contributed by atoms with Crippen LogP contribution in [0.5, 0.6) is 0 Å². The van der Waals surface area contributed by atoms with Gasteiger partial charge in [-0.15, -0.1) is 0 Å². The van der Waals surface area contributed by atoms with E-state index < -0.39 is 5.96 Å². The predicted molar refractivity (Wildman–Crippen MR) is 118 cm³/mol. The van der Waals surface area contributed by atoms with Crippen molar-refractivity contribution in [2.75, 3.05) is 0 Å². The highest BCUT2D eigenvalue weighted by molar-refractivity contribution is 9.44. The minimum absolute atomic E-state index is 0.230. The molecule has 0 heterocycles. The lowest BCUT2D eigenvalue weighted by molar-refractivity contribution is 0.0980. The van der Waals surface area contributed by atoms with Gasteiger partial charge in [-0.05, 0) is 42.8 Å². The molecule has 3 rings (SSSR count). The summed E-state index contributed by atoms with van der Waals surface area (Å²) in [6, 6.07) is 29.2. The van der Waals surface area contributed by atoms with Gasteiger partial charge in [0.25, 0.3) is 0 Å². The van der Waals surface area contributed by atoms with E-state index in [9.17, 15) is 4.79 Å². The number of carbonyl (C=O) groups excluding carboxylic acids is 1. The molecule has 0 saturated heterocycles. The number of ketones is 1. The van der Waals surface area contributed by atoms with Crippen molar-refractivity contribution in [2.24, 2.45) is 0 Å². The molecule has 0 amide bonds. The van der Waals surface area contributed by atoms with Crippen LogP contribution in [0.15, 0.2) is 84.9 Å². The topological polar surface area (TPSA) is 17.1 Å². The number of rotatable bonds is 7. The third-order valence-corrected chi connectivity index (χ3v) is 11.2. The Hall–Kier alpha value is -1.76. The van der Waals surface area contributed by atoms with Crippen molar-refractivity contribution in [3.63, 3.8) is 0 Å². The maximum absolute atomic E-state index is 12.6. The number of carbonyl (C=O) groups is 1. The Morgan fingerprint density at radius 1 is 0.808 bits per heavy atom. The Labute approximate surface area is 164 Å². The van der Waals surface area contributed by atoms with E-state index in [2.05, 4.69) is 83.1 Å². The number of unbranched alkanes of at least 4 members (excludes halogenated alkanes) is 1. The molecule has 0 aliphatic carbocycles. The Kier molecular flexibility index (Phi) is 6.40. The molecule has 3 aromatic rings. The molecule has 0 atom stereocenters. The molecule has 0 aliphatic heterocycles. The van der Waals surface area contributed by atoms with E-state index in [1.54, 1.807) is 0 Å². The molecule has 1 nitrogen and oxygen atoms in total. The second-order valence-electron chi connectivity index (χ2n) is 6.34. The highest BCUT2D eigenvalue weighted by Crippen LogP contribution is 2.62. The van der Waals surface area contributed by atoms with Crippen LogP contribution in [0.25, 0.3) is 0 Å². The molecule has 0 unspecified atom stereocenters. The molecule has 26 heavy (non-hydrogen) atoms. The minimum atomic E-state index is -1.96. The van der Waals surface area contributed by atoms with Gasteiger partial charge in [0.15, 0.2) is 27.2 Å². The molecule has 132 valence electrons. The van der Waals surface area contributed by atoms with Crippen molar-refractivity contribution in [3.05, 3.63) is 90.5 Å². The molecule has 0 aromatic heterocycles. The number of hydrogen-bond acceptors (Lipinski definition) is 1. The van der Waals surface area contributed by atoms with Gasteiger partial charge in [-0.2, -0.15) is 0 Å². The number of halogens is 1. The van der Waals surface area contributed by atoms with Crippen LogP contribution in [0.1, 0.15) is 36.5 Å². The van der Waals surface area contributed by atoms with E-state index in [0.29, 0.717) is 6.42 Å². The summed E-state index contributed by atoms with van der Waals surface area (Å²) in [5.74, 6) is -1.73. The summed E-state index contributed by atoms with van der Waals surface area (Å²) >= 11 is 4.15. The lowest BCUT2D eigenvalue weighted by Crippen LogP contribution is -2.27. The SMILES string of the molecule is CCCCC(=O)c1cccc([P+](Br)(c2ccccc2)c2ccccc2)c1. The van der Waals surface area contributed by atoms with E-state index >= 15 is 0 Å². The monoisotopic (exact) mass is 425 g/mol. The van der Waals surface area contributed by atoms with Crippen LogP contribution in [0.3, 0.4) is 0 Å². The van der Waals surface area contributed by atoms with Crippen LogP contribution < -0.4 is 15.9 Å². The zero-order valence-corrected chi connectivity index (χ0v) is 17.4. The zero-order valence-electron chi connectivity index (χ0n) is 14.9. The number of Topliss-reactive ketones (excluding diaryl/α,β-unsaturated/α-hetero) is 1. The molecule has 0 bridgehead atoms. The van der Waals surface area contributed by atoms with Gasteiger partial charge in [-0.1, -0.05) is 61.9 Å². The smallest absolute Gasteiger partial charge is 0.181 e. The van der Waals surface area contributed by atoms with Crippen molar-refractivity contribution < 1.29 is 4.79 Å². The summed E-state index contributed by atoms with van der Waals surface area (Å²) in [4.78, 5) is 12.6. The van der Waals surface area contributed by atoms with Gasteiger partial charge in [0.05, 0.1) is 0 Å². The van der Waals surface area contributed by atoms with E-state index in [1.165, 1.54) is 15.9 Å². The van der Waals surface area contributed by atoms with Crippen molar-refractivity contribution in [2.45, 2.75) is 26.2 Å². The molecule has 0 aliphatic rings. The second-order valence-corrected chi connectivity index (χ2v) is 12.3. The number of benzene rings is 3. The fourth-order valence-electron chi connectivity index (χ4n) is 3.07. The van der Waals surface area contributed by atoms with Gasteiger partial charge < -0.3 is 0 Å². The molecule has 0 saturated carbocycles. The second kappa shape index (κ2) is 8.75. The molecule has 0 radical (unpaired) electrons. The Morgan fingerprint density at radius 2 is 1.35 bits per heavy atom. The van der Waals surface area contributed by atoms with Gasteiger partial charge >= 0.3 is 0 Å². The maximum atomic E-state index is 12.6.